The van der Waals surface area contributed by atoms with Crippen LogP contribution >= 0.6 is 0 Å². The van der Waals surface area contributed by atoms with Gasteiger partial charge in [0.2, 0.25) is 5.91 Å². The van der Waals surface area contributed by atoms with Crippen molar-refractivity contribution in [2.45, 2.75) is 32.4 Å². The quantitative estimate of drug-likeness (QED) is 0.709. The molecule has 0 fully saturated rings. The molecule has 19 heavy (non-hydrogen) atoms. The lowest BCUT2D eigenvalue weighted by molar-refractivity contribution is -0.122. The van der Waals surface area contributed by atoms with E-state index in [1.807, 2.05) is 13.0 Å². The Bertz CT molecular complexity index is 446. The van der Waals surface area contributed by atoms with Crippen LogP contribution in [0.2, 0.25) is 0 Å². The van der Waals surface area contributed by atoms with Crippen molar-refractivity contribution in [2.24, 2.45) is 5.73 Å². The summed E-state index contributed by atoms with van der Waals surface area (Å²) in [5, 5.41) is 5.33. The molecule has 4 N–H and O–H groups in total. The van der Waals surface area contributed by atoms with Crippen LogP contribution < -0.4 is 16.4 Å². The van der Waals surface area contributed by atoms with Gasteiger partial charge in [0.25, 0.3) is 5.91 Å². The van der Waals surface area contributed by atoms with Gasteiger partial charge in [0, 0.05) is 19.2 Å². The summed E-state index contributed by atoms with van der Waals surface area (Å²) >= 11 is 0. The highest BCUT2D eigenvalue weighted by Crippen LogP contribution is 2.05. The predicted molar refractivity (Wildman–Crippen MR) is 74.6 cm³/mol. The number of hydrogen-bond acceptors (Lipinski definition) is 3. The zero-order chi connectivity index (χ0) is 14.3. The minimum Gasteiger partial charge on any atom is -0.355 e. The van der Waals surface area contributed by atoms with Crippen molar-refractivity contribution < 1.29 is 9.59 Å². The van der Waals surface area contributed by atoms with Gasteiger partial charge < -0.3 is 16.4 Å². The lowest BCUT2D eigenvalue weighted by Crippen LogP contribution is -2.40. The number of rotatable bonds is 6. The molecular weight excluding hydrogens is 242 g/mol. The van der Waals surface area contributed by atoms with Crippen molar-refractivity contribution in [1.82, 2.24) is 10.6 Å². The van der Waals surface area contributed by atoms with Crippen molar-refractivity contribution in [3.8, 4) is 0 Å². The summed E-state index contributed by atoms with van der Waals surface area (Å²) < 4.78 is 0. The molecule has 0 spiro atoms. The van der Waals surface area contributed by atoms with Crippen LogP contribution in [0.1, 0.15) is 35.7 Å². The van der Waals surface area contributed by atoms with E-state index < -0.39 is 6.04 Å². The average molecular weight is 263 g/mol. The van der Waals surface area contributed by atoms with Gasteiger partial charge in [-0.15, -0.1) is 0 Å². The standard InChI is InChI=1S/C14H21N3O2/c1-3-5-12(15)14(19)17-9-10-6-4-7-11(8-10)13(18)16-2/h4,6-8,12H,3,5,9,15H2,1-2H3,(H,16,18)(H,17,19). The summed E-state index contributed by atoms with van der Waals surface area (Å²) in [6.07, 6.45) is 1.55. The Morgan fingerprint density at radius 3 is 2.74 bits per heavy atom. The Morgan fingerprint density at radius 1 is 1.37 bits per heavy atom. The third-order valence-electron chi connectivity index (χ3n) is 2.82. The Hall–Kier alpha value is -1.88. The van der Waals surface area contributed by atoms with Gasteiger partial charge in [-0.05, 0) is 24.1 Å². The third-order valence-corrected chi connectivity index (χ3v) is 2.82. The zero-order valence-corrected chi connectivity index (χ0v) is 11.4. The molecule has 2 amide bonds. The molecule has 1 rings (SSSR count). The first-order chi connectivity index (χ1) is 9.08. The van der Waals surface area contributed by atoms with Crippen molar-refractivity contribution in [1.29, 1.82) is 0 Å². The van der Waals surface area contributed by atoms with Crippen LogP contribution in [0.25, 0.3) is 0 Å². The first kappa shape index (κ1) is 15.2. The average Bonchev–Trinajstić information content (AvgIpc) is 2.44. The molecule has 1 atom stereocenters. The maximum atomic E-state index is 11.7. The second-order valence-electron chi connectivity index (χ2n) is 4.39. The van der Waals surface area contributed by atoms with Gasteiger partial charge in [-0.25, -0.2) is 0 Å². The van der Waals surface area contributed by atoms with E-state index >= 15 is 0 Å². The van der Waals surface area contributed by atoms with E-state index in [4.69, 9.17) is 5.73 Å². The Morgan fingerprint density at radius 2 is 2.11 bits per heavy atom. The van der Waals surface area contributed by atoms with E-state index in [1.165, 1.54) is 0 Å². The van der Waals surface area contributed by atoms with Crippen molar-refractivity contribution in [2.75, 3.05) is 7.05 Å². The highest BCUT2D eigenvalue weighted by molar-refractivity contribution is 5.94. The first-order valence-electron chi connectivity index (χ1n) is 6.42. The summed E-state index contributed by atoms with van der Waals surface area (Å²) in [6.45, 7) is 2.36. The maximum Gasteiger partial charge on any atom is 0.251 e. The van der Waals surface area contributed by atoms with Crippen LogP contribution in [0.15, 0.2) is 24.3 Å². The van der Waals surface area contributed by atoms with E-state index in [1.54, 1.807) is 25.2 Å². The SMILES string of the molecule is CCCC(N)C(=O)NCc1cccc(C(=O)NC)c1. The van der Waals surface area contributed by atoms with Crippen LogP contribution in [0.5, 0.6) is 0 Å². The van der Waals surface area contributed by atoms with Gasteiger partial charge >= 0.3 is 0 Å². The summed E-state index contributed by atoms with van der Waals surface area (Å²) in [5.74, 6) is -0.303. The van der Waals surface area contributed by atoms with Crippen LogP contribution in [0.3, 0.4) is 0 Å². The van der Waals surface area contributed by atoms with Gasteiger partial charge in [-0.2, -0.15) is 0 Å². The van der Waals surface area contributed by atoms with Crippen molar-refractivity contribution in [3.05, 3.63) is 35.4 Å². The predicted octanol–water partition coefficient (Wildman–Crippen LogP) is 0.790. The van der Waals surface area contributed by atoms with Gasteiger partial charge in [0.05, 0.1) is 6.04 Å². The number of benzene rings is 1. The first-order valence-corrected chi connectivity index (χ1v) is 6.42. The second-order valence-corrected chi connectivity index (χ2v) is 4.39. The topological polar surface area (TPSA) is 84.2 Å². The summed E-state index contributed by atoms with van der Waals surface area (Å²) in [6, 6.07) is 6.67. The Balaban J connectivity index is 2.58. The monoisotopic (exact) mass is 263 g/mol. The van der Waals surface area contributed by atoms with Crippen LogP contribution in [-0.4, -0.2) is 24.9 Å². The molecule has 0 aliphatic heterocycles. The van der Waals surface area contributed by atoms with Crippen molar-refractivity contribution >= 4 is 11.8 Å². The van der Waals surface area contributed by atoms with E-state index in [-0.39, 0.29) is 11.8 Å². The fourth-order valence-electron chi connectivity index (χ4n) is 1.73. The molecule has 0 radical (unpaired) electrons. The Kier molecular flexibility index (Phi) is 6.02. The molecule has 1 aromatic rings. The van der Waals surface area contributed by atoms with Gasteiger partial charge in [0.15, 0.2) is 0 Å². The molecule has 0 aromatic heterocycles. The molecule has 0 aliphatic rings. The molecule has 104 valence electrons. The molecule has 1 unspecified atom stereocenters. The molecule has 0 saturated heterocycles. The summed E-state index contributed by atoms with van der Waals surface area (Å²) in [5.41, 5.74) is 7.16. The highest BCUT2D eigenvalue weighted by atomic mass is 16.2. The molecule has 0 saturated carbocycles. The largest absolute Gasteiger partial charge is 0.355 e. The van der Waals surface area contributed by atoms with E-state index in [0.29, 0.717) is 18.5 Å². The molecule has 0 aliphatic carbocycles. The molecular formula is C14H21N3O2. The van der Waals surface area contributed by atoms with E-state index in [2.05, 4.69) is 10.6 Å². The smallest absolute Gasteiger partial charge is 0.251 e. The van der Waals surface area contributed by atoms with Gasteiger partial charge in [-0.1, -0.05) is 25.5 Å². The minimum atomic E-state index is -0.466. The fraction of sp³-hybridized carbons (Fsp3) is 0.429. The van der Waals surface area contributed by atoms with E-state index in [0.717, 1.165) is 12.0 Å². The molecule has 1 aromatic carbocycles. The number of carbonyl (C=O) groups excluding carboxylic acids is 2. The number of carbonyl (C=O) groups is 2. The summed E-state index contributed by atoms with van der Waals surface area (Å²) in [4.78, 5) is 23.1. The Labute approximate surface area is 113 Å². The van der Waals surface area contributed by atoms with Crippen LogP contribution in [-0.2, 0) is 11.3 Å². The maximum absolute atomic E-state index is 11.7. The molecule has 5 heteroatoms. The molecule has 5 nitrogen and oxygen atoms in total. The number of amides is 2. The second kappa shape index (κ2) is 7.53. The number of hydrogen-bond donors (Lipinski definition) is 3. The highest BCUT2D eigenvalue weighted by Gasteiger charge is 2.11. The summed E-state index contributed by atoms with van der Waals surface area (Å²) in [7, 11) is 1.58. The minimum absolute atomic E-state index is 0.143. The molecule has 0 bridgehead atoms. The van der Waals surface area contributed by atoms with Crippen molar-refractivity contribution in [3.63, 3.8) is 0 Å². The number of nitrogens with one attached hydrogen (secondary N) is 2. The lowest BCUT2D eigenvalue weighted by atomic mass is 10.1. The lowest BCUT2D eigenvalue weighted by Gasteiger charge is -2.11. The number of nitrogens with two attached hydrogens (primary N) is 1. The van der Waals surface area contributed by atoms with Crippen LogP contribution in [0, 0.1) is 0 Å². The van der Waals surface area contributed by atoms with Gasteiger partial charge in [0.1, 0.15) is 0 Å². The van der Waals surface area contributed by atoms with Crippen LogP contribution in [0.4, 0.5) is 0 Å². The van der Waals surface area contributed by atoms with E-state index in [9.17, 15) is 9.59 Å². The zero-order valence-electron chi connectivity index (χ0n) is 11.4. The third kappa shape index (κ3) is 4.71. The normalized spacial score (nSPS) is 11.7. The van der Waals surface area contributed by atoms with Gasteiger partial charge in [-0.3, -0.25) is 9.59 Å². The molecule has 0 heterocycles. The fourth-order valence-corrected chi connectivity index (χ4v) is 1.73.